The van der Waals surface area contributed by atoms with E-state index in [2.05, 4.69) is 0 Å². The number of nitrogens with zero attached hydrogens (tertiary/aromatic N) is 1. The van der Waals surface area contributed by atoms with Gasteiger partial charge in [-0.1, -0.05) is 0 Å². The van der Waals surface area contributed by atoms with Gasteiger partial charge in [0.1, 0.15) is 5.82 Å². The molecule has 6 heteroatoms. The molecule has 4 nitrogen and oxygen atoms in total. The van der Waals surface area contributed by atoms with Gasteiger partial charge in [0, 0.05) is 20.2 Å². The number of hydrogen-bond acceptors (Lipinski definition) is 3. The quantitative estimate of drug-likeness (QED) is 0.806. The molecule has 1 unspecified atom stereocenters. The molecule has 0 aliphatic heterocycles. The molecular formula is C11H16FNO3S. The molecule has 0 aliphatic rings. The first kappa shape index (κ1) is 14.1. The van der Waals surface area contributed by atoms with Crippen LogP contribution in [0.4, 0.5) is 4.39 Å². The molecule has 0 saturated carbocycles. The van der Waals surface area contributed by atoms with Crippen LogP contribution in [0.15, 0.2) is 29.2 Å². The molecule has 0 bridgehead atoms. The third kappa shape index (κ3) is 3.24. The Kier molecular flexibility index (Phi) is 4.62. The molecule has 0 fully saturated rings. The zero-order valence-corrected chi connectivity index (χ0v) is 10.9. The number of benzene rings is 1. The van der Waals surface area contributed by atoms with Crippen molar-refractivity contribution in [3.05, 3.63) is 30.1 Å². The minimum absolute atomic E-state index is 0.0735. The number of ether oxygens (including phenoxy) is 1. The molecule has 1 aromatic rings. The highest BCUT2D eigenvalue weighted by Gasteiger charge is 2.25. The largest absolute Gasteiger partial charge is 0.383 e. The van der Waals surface area contributed by atoms with Gasteiger partial charge in [-0.25, -0.2) is 12.8 Å². The fourth-order valence-electron chi connectivity index (χ4n) is 1.36. The van der Waals surface area contributed by atoms with E-state index in [0.717, 1.165) is 12.1 Å². The van der Waals surface area contributed by atoms with Crippen LogP contribution in [-0.2, 0) is 14.8 Å². The molecular weight excluding hydrogens is 245 g/mol. The number of methoxy groups -OCH3 is 1. The van der Waals surface area contributed by atoms with Crippen LogP contribution in [0.1, 0.15) is 6.92 Å². The van der Waals surface area contributed by atoms with Crippen LogP contribution in [-0.4, -0.2) is 39.5 Å². The molecule has 0 amide bonds. The second-order valence-electron chi connectivity index (χ2n) is 3.78. The van der Waals surface area contributed by atoms with Crippen molar-refractivity contribution in [3.8, 4) is 0 Å². The van der Waals surface area contributed by atoms with Crippen LogP contribution in [0.25, 0.3) is 0 Å². The number of halogens is 1. The van der Waals surface area contributed by atoms with E-state index < -0.39 is 15.8 Å². The van der Waals surface area contributed by atoms with Crippen molar-refractivity contribution < 1.29 is 17.5 Å². The van der Waals surface area contributed by atoms with Crippen molar-refractivity contribution >= 4 is 10.0 Å². The summed E-state index contributed by atoms with van der Waals surface area (Å²) in [5.74, 6) is -0.462. The highest BCUT2D eigenvalue weighted by molar-refractivity contribution is 7.89. The van der Waals surface area contributed by atoms with Crippen LogP contribution in [0, 0.1) is 5.82 Å². The van der Waals surface area contributed by atoms with Crippen molar-refractivity contribution in [1.82, 2.24) is 4.31 Å². The first-order chi connectivity index (χ1) is 7.89. The summed E-state index contributed by atoms with van der Waals surface area (Å²) >= 11 is 0. The summed E-state index contributed by atoms with van der Waals surface area (Å²) in [7, 11) is -0.607. The minimum atomic E-state index is -3.59. The van der Waals surface area contributed by atoms with Gasteiger partial charge in [0.15, 0.2) is 0 Å². The van der Waals surface area contributed by atoms with Gasteiger partial charge < -0.3 is 4.74 Å². The van der Waals surface area contributed by atoms with E-state index >= 15 is 0 Å². The van der Waals surface area contributed by atoms with Gasteiger partial charge >= 0.3 is 0 Å². The van der Waals surface area contributed by atoms with Gasteiger partial charge in [-0.15, -0.1) is 0 Å². The van der Waals surface area contributed by atoms with E-state index in [0.29, 0.717) is 6.61 Å². The SMILES string of the molecule is COCC(C)N(C)S(=O)(=O)c1ccc(F)cc1. The molecule has 1 rings (SSSR count). The Hall–Kier alpha value is -0.980. The fraction of sp³-hybridized carbons (Fsp3) is 0.455. The zero-order chi connectivity index (χ0) is 13.1. The summed E-state index contributed by atoms with van der Waals surface area (Å²) in [4.78, 5) is 0.0735. The van der Waals surface area contributed by atoms with E-state index in [1.54, 1.807) is 6.92 Å². The van der Waals surface area contributed by atoms with Crippen molar-refractivity contribution in [2.24, 2.45) is 0 Å². The summed E-state index contributed by atoms with van der Waals surface area (Å²) in [5, 5.41) is 0. The van der Waals surface area contributed by atoms with E-state index in [-0.39, 0.29) is 10.9 Å². The third-order valence-corrected chi connectivity index (χ3v) is 4.51. The Bertz CT molecular complexity index is 458. The topological polar surface area (TPSA) is 46.6 Å². The maximum atomic E-state index is 12.7. The minimum Gasteiger partial charge on any atom is -0.383 e. The standard InChI is InChI=1S/C11H16FNO3S/c1-9(8-16-3)13(2)17(14,15)11-6-4-10(12)5-7-11/h4-7,9H,8H2,1-3H3. The maximum absolute atomic E-state index is 12.7. The molecule has 1 atom stereocenters. The van der Waals surface area contributed by atoms with Gasteiger partial charge in [0.2, 0.25) is 10.0 Å². The van der Waals surface area contributed by atoms with E-state index in [1.807, 2.05) is 0 Å². The smallest absolute Gasteiger partial charge is 0.243 e. The van der Waals surface area contributed by atoms with Crippen LogP contribution >= 0.6 is 0 Å². The lowest BCUT2D eigenvalue weighted by Gasteiger charge is -2.23. The van der Waals surface area contributed by atoms with Gasteiger partial charge in [-0.2, -0.15) is 4.31 Å². The Labute approximate surface area is 101 Å². The fourth-order valence-corrected chi connectivity index (χ4v) is 2.70. The summed E-state index contributed by atoms with van der Waals surface area (Å²) in [6, 6.07) is 4.47. The lowest BCUT2D eigenvalue weighted by Crippen LogP contribution is -2.37. The normalized spacial score (nSPS) is 13.9. The number of sulfonamides is 1. The van der Waals surface area contributed by atoms with Crippen molar-refractivity contribution in [3.63, 3.8) is 0 Å². The molecule has 1 aromatic carbocycles. The maximum Gasteiger partial charge on any atom is 0.243 e. The van der Waals surface area contributed by atoms with Gasteiger partial charge in [0.05, 0.1) is 11.5 Å². The predicted molar refractivity (Wildman–Crippen MR) is 62.7 cm³/mol. The molecule has 0 saturated heterocycles. The molecule has 0 N–H and O–H groups in total. The highest BCUT2D eigenvalue weighted by Crippen LogP contribution is 2.16. The lowest BCUT2D eigenvalue weighted by atomic mass is 10.4. The summed E-state index contributed by atoms with van der Waals surface area (Å²) in [5.41, 5.74) is 0. The average molecular weight is 261 g/mol. The predicted octanol–water partition coefficient (Wildman–Crippen LogP) is 1.48. The molecule has 0 heterocycles. The van der Waals surface area contributed by atoms with Gasteiger partial charge in [0.25, 0.3) is 0 Å². The second kappa shape index (κ2) is 5.57. The first-order valence-electron chi connectivity index (χ1n) is 5.12. The van der Waals surface area contributed by atoms with Crippen LogP contribution in [0.2, 0.25) is 0 Å². The average Bonchev–Trinajstić information content (AvgIpc) is 2.29. The molecule has 0 spiro atoms. The van der Waals surface area contributed by atoms with Crippen molar-refractivity contribution in [2.45, 2.75) is 17.9 Å². The Balaban J connectivity index is 2.98. The third-order valence-electron chi connectivity index (χ3n) is 2.52. The van der Waals surface area contributed by atoms with Gasteiger partial charge in [-0.05, 0) is 31.2 Å². The lowest BCUT2D eigenvalue weighted by molar-refractivity contribution is 0.149. The van der Waals surface area contributed by atoms with Crippen LogP contribution in [0.5, 0.6) is 0 Å². The zero-order valence-electron chi connectivity index (χ0n) is 10.1. The summed E-state index contributed by atoms with van der Waals surface area (Å²) in [6.45, 7) is 2.04. The first-order valence-corrected chi connectivity index (χ1v) is 6.56. The molecule has 0 radical (unpaired) electrons. The van der Waals surface area contributed by atoms with Crippen molar-refractivity contribution in [2.75, 3.05) is 20.8 Å². The monoisotopic (exact) mass is 261 g/mol. The number of likely N-dealkylation sites (N-methyl/N-ethyl adjacent to an activating group) is 1. The highest BCUT2D eigenvalue weighted by atomic mass is 32.2. The molecule has 17 heavy (non-hydrogen) atoms. The van der Waals surface area contributed by atoms with Crippen LogP contribution in [0.3, 0.4) is 0 Å². The Morgan fingerprint density at radius 3 is 2.35 bits per heavy atom. The Morgan fingerprint density at radius 2 is 1.88 bits per heavy atom. The number of rotatable bonds is 5. The van der Waals surface area contributed by atoms with Crippen molar-refractivity contribution in [1.29, 1.82) is 0 Å². The van der Waals surface area contributed by atoms with E-state index in [1.165, 1.54) is 30.6 Å². The van der Waals surface area contributed by atoms with Gasteiger partial charge in [-0.3, -0.25) is 0 Å². The van der Waals surface area contributed by atoms with Crippen LogP contribution < -0.4 is 0 Å². The molecule has 0 aliphatic carbocycles. The van der Waals surface area contributed by atoms with E-state index in [4.69, 9.17) is 4.74 Å². The summed E-state index contributed by atoms with van der Waals surface area (Å²) < 4.78 is 43.1. The van der Waals surface area contributed by atoms with E-state index in [9.17, 15) is 12.8 Å². The molecule has 96 valence electrons. The summed E-state index contributed by atoms with van der Waals surface area (Å²) in [6.07, 6.45) is 0. The Morgan fingerprint density at radius 1 is 1.35 bits per heavy atom. The number of hydrogen-bond donors (Lipinski definition) is 0. The second-order valence-corrected chi connectivity index (χ2v) is 5.78. The molecule has 0 aromatic heterocycles.